The number of likely N-dealkylation sites (tertiary alicyclic amines) is 2. The van der Waals surface area contributed by atoms with Crippen molar-refractivity contribution in [2.45, 2.75) is 44.7 Å². The van der Waals surface area contributed by atoms with Crippen molar-refractivity contribution in [3.63, 3.8) is 0 Å². The Balaban J connectivity index is 2.05. The molecular formula is C12H21N3. The molecule has 2 aliphatic rings. The van der Waals surface area contributed by atoms with Crippen molar-refractivity contribution in [1.29, 1.82) is 5.26 Å². The molecule has 15 heavy (non-hydrogen) atoms. The molecule has 2 heterocycles. The number of nitrogens with zero attached hydrogens (tertiary/aromatic N) is 3. The first kappa shape index (κ1) is 10.9. The van der Waals surface area contributed by atoms with Crippen LogP contribution in [0.4, 0.5) is 0 Å². The van der Waals surface area contributed by atoms with E-state index in [0.29, 0.717) is 18.1 Å². The summed E-state index contributed by atoms with van der Waals surface area (Å²) in [6, 6.07) is 2.96. The topological polar surface area (TPSA) is 30.3 Å². The van der Waals surface area contributed by atoms with Crippen LogP contribution in [0.1, 0.15) is 33.1 Å². The first-order valence-electron chi connectivity index (χ1n) is 6.04. The van der Waals surface area contributed by atoms with Crippen molar-refractivity contribution >= 4 is 0 Å². The second-order valence-electron chi connectivity index (χ2n) is 5.22. The molecule has 2 saturated heterocycles. The van der Waals surface area contributed by atoms with Crippen LogP contribution in [0.5, 0.6) is 0 Å². The Morgan fingerprint density at radius 2 is 2.13 bits per heavy atom. The van der Waals surface area contributed by atoms with E-state index in [4.69, 9.17) is 5.26 Å². The second kappa shape index (κ2) is 4.11. The summed E-state index contributed by atoms with van der Waals surface area (Å²) in [5.74, 6) is 0. The van der Waals surface area contributed by atoms with Gasteiger partial charge in [-0.15, -0.1) is 0 Å². The highest BCUT2D eigenvalue weighted by molar-refractivity contribution is 5.05. The summed E-state index contributed by atoms with van der Waals surface area (Å²) in [6.07, 6.45) is 3.82. The molecule has 0 aromatic heterocycles. The molecule has 0 bridgehead atoms. The SMILES string of the molecule is CC(C)N1CCC2(CCCN2CC#N)C1. The van der Waals surface area contributed by atoms with E-state index in [1.165, 1.54) is 32.4 Å². The van der Waals surface area contributed by atoms with Crippen molar-refractivity contribution < 1.29 is 0 Å². The van der Waals surface area contributed by atoms with Crippen molar-refractivity contribution in [2.24, 2.45) is 0 Å². The van der Waals surface area contributed by atoms with Crippen LogP contribution in [0.25, 0.3) is 0 Å². The van der Waals surface area contributed by atoms with E-state index in [2.05, 4.69) is 29.7 Å². The zero-order chi connectivity index (χ0) is 10.9. The minimum atomic E-state index is 0.347. The summed E-state index contributed by atoms with van der Waals surface area (Å²) in [7, 11) is 0. The minimum Gasteiger partial charge on any atom is -0.299 e. The third-order valence-corrected chi connectivity index (χ3v) is 4.09. The van der Waals surface area contributed by atoms with Gasteiger partial charge >= 0.3 is 0 Å². The highest BCUT2D eigenvalue weighted by Gasteiger charge is 2.45. The van der Waals surface area contributed by atoms with Crippen LogP contribution in [0, 0.1) is 11.3 Å². The van der Waals surface area contributed by atoms with Crippen LogP contribution >= 0.6 is 0 Å². The molecule has 3 nitrogen and oxygen atoms in total. The summed E-state index contributed by atoms with van der Waals surface area (Å²) >= 11 is 0. The Morgan fingerprint density at radius 1 is 1.33 bits per heavy atom. The van der Waals surface area contributed by atoms with Crippen LogP contribution in [-0.2, 0) is 0 Å². The Kier molecular flexibility index (Phi) is 2.99. The van der Waals surface area contributed by atoms with Crippen LogP contribution in [0.2, 0.25) is 0 Å². The smallest absolute Gasteiger partial charge is 0.0870 e. The van der Waals surface area contributed by atoms with E-state index in [-0.39, 0.29) is 0 Å². The summed E-state index contributed by atoms with van der Waals surface area (Å²) in [4.78, 5) is 4.96. The predicted molar refractivity (Wildman–Crippen MR) is 60.5 cm³/mol. The lowest BCUT2D eigenvalue weighted by atomic mass is 9.95. The largest absolute Gasteiger partial charge is 0.299 e. The maximum Gasteiger partial charge on any atom is 0.0870 e. The molecule has 1 unspecified atom stereocenters. The van der Waals surface area contributed by atoms with Gasteiger partial charge in [0.2, 0.25) is 0 Å². The lowest BCUT2D eigenvalue weighted by Gasteiger charge is -2.34. The van der Waals surface area contributed by atoms with Gasteiger partial charge in [0.15, 0.2) is 0 Å². The molecule has 0 radical (unpaired) electrons. The fourth-order valence-corrected chi connectivity index (χ4v) is 3.12. The number of rotatable bonds is 2. The fourth-order valence-electron chi connectivity index (χ4n) is 3.12. The van der Waals surface area contributed by atoms with Crippen LogP contribution in [-0.4, -0.2) is 47.6 Å². The highest BCUT2D eigenvalue weighted by atomic mass is 15.3. The molecule has 0 aliphatic carbocycles. The summed E-state index contributed by atoms with van der Waals surface area (Å²) in [5.41, 5.74) is 0.347. The molecule has 84 valence electrons. The van der Waals surface area contributed by atoms with E-state index in [9.17, 15) is 0 Å². The molecule has 0 aromatic carbocycles. The molecule has 1 atom stereocenters. The summed E-state index contributed by atoms with van der Waals surface area (Å²) in [6.45, 7) is 8.66. The first-order chi connectivity index (χ1) is 7.18. The molecule has 0 N–H and O–H groups in total. The van der Waals surface area contributed by atoms with E-state index in [1.807, 2.05) is 0 Å². The molecule has 3 heteroatoms. The van der Waals surface area contributed by atoms with Gasteiger partial charge in [0.05, 0.1) is 12.6 Å². The van der Waals surface area contributed by atoms with Crippen molar-refractivity contribution in [2.75, 3.05) is 26.2 Å². The lowest BCUT2D eigenvalue weighted by Crippen LogP contribution is -2.46. The number of hydrogen-bond acceptors (Lipinski definition) is 3. The monoisotopic (exact) mass is 207 g/mol. The van der Waals surface area contributed by atoms with Gasteiger partial charge in [0.25, 0.3) is 0 Å². The van der Waals surface area contributed by atoms with Crippen molar-refractivity contribution in [1.82, 2.24) is 9.80 Å². The standard InChI is InChI=1S/C12H21N3/c1-11(2)14-8-5-12(10-14)4-3-7-15(12)9-6-13/h11H,3-5,7-10H2,1-2H3. The Hall–Kier alpha value is -0.590. The lowest BCUT2D eigenvalue weighted by molar-refractivity contribution is 0.148. The van der Waals surface area contributed by atoms with Crippen molar-refractivity contribution in [3.8, 4) is 6.07 Å². The Bertz CT molecular complexity index is 269. The maximum atomic E-state index is 8.84. The van der Waals surface area contributed by atoms with Gasteiger partial charge in [-0.05, 0) is 39.7 Å². The first-order valence-corrected chi connectivity index (χ1v) is 6.04. The van der Waals surface area contributed by atoms with Gasteiger partial charge in [-0.25, -0.2) is 0 Å². The fraction of sp³-hybridized carbons (Fsp3) is 0.917. The van der Waals surface area contributed by atoms with E-state index < -0.39 is 0 Å². The average Bonchev–Trinajstić information content (AvgIpc) is 2.77. The molecule has 0 saturated carbocycles. The zero-order valence-electron chi connectivity index (χ0n) is 9.87. The summed E-state index contributed by atoms with van der Waals surface area (Å²) in [5, 5.41) is 8.84. The van der Waals surface area contributed by atoms with Crippen LogP contribution < -0.4 is 0 Å². The molecule has 2 aliphatic heterocycles. The Morgan fingerprint density at radius 3 is 2.73 bits per heavy atom. The molecule has 1 spiro atoms. The third kappa shape index (κ3) is 1.89. The maximum absolute atomic E-state index is 8.84. The summed E-state index contributed by atoms with van der Waals surface area (Å²) < 4.78 is 0. The second-order valence-corrected chi connectivity index (χ2v) is 5.22. The molecule has 0 aromatic rings. The van der Waals surface area contributed by atoms with Crippen LogP contribution in [0.15, 0.2) is 0 Å². The molecular weight excluding hydrogens is 186 g/mol. The number of nitriles is 1. The van der Waals surface area contributed by atoms with Crippen LogP contribution in [0.3, 0.4) is 0 Å². The molecule has 2 fully saturated rings. The quantitative estimate of drug-likeness (QED) is 0.642. The Labute approximate surface area is 92.7 Å². The van der Waals surface area contributed by atoms with Gasteiger partial charge in [0.1, 0.15) is 0 Å². The van der Waals surface area contributed by atoms with E-state index >= 15 is 0 Å². The number of hydrogen-bond donors (Lipinski definition) is 0. The highest BCUT2D eigenvalue weighted by Crippen LogP contribution is 2.37. The van der Waals surface area contributed by atoms with Gasteiger partial charge in [-0.2, -0.15) is 5.26 Å². The van der Waals surface area contributed by atoms with E-state index in [0.717, 1.165) is 6.54 Å². The average molecular weight is 207 g/mol. The van der Waals surface area contributed by atoms with Crippen molar-refractivity contribution in [3.05, 3.63) is 0 Å². The molecule has 2 rings (SSSR count). The van der Waals surface area contributed by atoms with Gasteiger partial charge < -0.3 is 0 Å². The molecule has 0 amide bonds. The normalized spacial score (nSPS) is 32.9. The van der Waals surface area contributed by atoms with Gasteiger partial charge in [-0.1, -0.05) is 0 Å². The van der Waals surface area contributed by atoms with Gasteiger partial charge in [0, 0.05) is 24.7 Å². The minimum absolute atomic E-state index is 0.347. The zero-order valence-corrected chi connectivity index (χ0v) is 9.87. The third-order valence-electron chi connectivity index (χ3n) is 4.09. The van der Waals surface area contributed by atoms with E-state index in [1.54, 1.807) is 0 Å². The predicted octanol–water partition coefficient (Wildman–Crippen LogP) is 1.46. The van der Waals surface area contributed by atoms with Gasteiger partial charge in [-0.3, -0.25) is 9.80 Å².